The molecule has 4 aromatic carbocycles. The molecule has 4 aromatic rings. The first-order chi connectivity index (χ1) is 24.8. The van der Waals surface area contributed by atoms with Crippen LogP contribution in [-0.4, -0.2) is 69.6 Å². The summed E-state index contributed by atoms with van der Waals surface area (Å²) in [7, 11) is 0. The number of fused-ring (bicyclic) bond motifs is 2. The van der Waals surface area contributed by atoms with Gasteiger partial charge in [0.05, 0.1) is 30.1 Å². The molecule has 0 radical (unpaired) electrons. The van der Waals surface area contributed by atoms with Crippen molar-refractivity contribution in [3.63, 3.8) is 0 Å². The van der Waals surface area contributed by atoms with Crippen molar-refractivity contribution in [3.8, 4) is 0 Å². The summed E-state index contributed by atoms with van der Waals surface area (Å²) in [4.78, 5) is 50.4. The Balaban J connectivity index is 1.36. The summed E-state index contributed by atoms with van der Waals surface area (Å²) in [6, 6.07) is 30.9. The zero-order valence-electron chi connectivity index (χ0n) is 29.1. The third-order valence-corrected chi connectivity index (χ3v) is 11.3. The largest absolute Gasteiger partial charge is 0.394 e. The minimum absolute atomic E-state index is 0.189. The third-order valence-electron chi connectivity index (χ3n) is 11.3. The van der Waals surface area contributed by atoms with Crippen LogP contribution >= 0.6 is 0 Å². The number of likely N-dealkylation sites (tertiary alicyclic amines) is 1. The van der Waals surface area contributed by atoms with E-state index >= 15 is 9.59 Å². The van der Waals surface area contributed by atoms with Crippen molar-refractivity contribution >= 4 is 34.2 Å². The van der Waals surface area contributed by atoms with Crippen LogP contribution in [0, 0.1) is 11.8 Å². The Hall–Kier alpha value is -5.05. The monoisotopic (exact) mass is 683 g/mol. The molecule has 2 unspecified atom stereocenters. The van der Waals surface area contributed by atoms with Crippen LogP contribution in [0.1, 0.15) is 43.4 Å². The average molecular weight is 684 g/mol. The fourth-order valence-electron chi connectivity index (χ4n) is 9.01. The molecule has 262 valence electrons. The summed E-state index contributed by atoms with van der Waals surface area (Å²) in [6.45, 7) is 10.3. The molecule has 0 aliphatic carbocycles. The second-order valence-corrected chi connectivity index (χ2v) is 13.9. The predicted molar refractivity (Wildman–Crippen MR) is 199 cm³/mol. The Morgan fingerprint density at radius 1 is 0.902 bits per heavy atom. The molecule has 7 rings (SSSR count). The molecule has 3 heterocycles. The lowest BCUT2D eigenvalue weighted by molar-refractivity contribution is -0.154. The molecule has 3 aliphatic rings. The topological polar surface area (TPSA) is 90.4 Å². The third kappa shape index (κ3) is 5.67. The number of amides is 3. The molecule has 1 spiro atoms. The van der Waals surface area contributed by atoms with Crippen molar-refractivity contribution in [1.29, 1.82) is 0 Å². The van der Waals surface area contributed by atoms with Gasteiger partial charge < -0.3 is 24.5 Å². The fourth-order valence-corrected chi connectivity index (χ4v) is 9.01. The van der Waals surface area contributed by atoms with Crippen LogP contribution < -0.4 is 4.90 Å². The number of anilines is 1. The molecule has 1 N–H and O–H groups in total. The minimum atomic E-state index is -1.28. The number of rotatable bonds is 13. The van der Waals surface area contributed by atoms with Gasteiger partial charge in [-0.2, -0.15) is 0 Å². The van der Waals surface area contributed by atoms with E-state index in [1.165, 1.54) is 0 Å². The van der Waals surface area contributed by atoms with Gasteiger partial charge in [0.15, 0.2) is 0 Å². The van der Waals surface area contributed by atoms with Crippen molar-refractivity contribution in [1.82, 2.24) is 9.80 Å². The molecule has 51 heavy (non-hydrogen) atoms. The normalized spacial score (nSPS) is 25.4. The summed E-state index contributed by atoms with van der Waals surface area (Å²) in [5.74, 6) is -2.61. The molecule has 3 amide bonds. The highest BCUT2D eigenvalue weighted by atomic mass is 16.5. The van der Waals surface area contributed by atoms with Gasteiger partial charge in [-0.05, 0) is 53.3 Å². The summed E-state index contributed by atoms with van der Waals surface area (Å²) < 4.78 is 7.14. The smallest absolute Gasteiger partial charge is 0.253 e. The zero-order chi connectivity index (χ0) is 35.8. The van der Waals surface area contributed by atoms with Crippen LogP contribution in [0.3, 0.4) is 0 Å². The number of aliphatic hydroxyl groups excluding tert-OH is 1. The molecular weight excluding hydrogens is 638 g/mol. The lowest BCUT2D eigenvalue weighted by atomic mass is 9.64. The minimum Gasteiger partial charge on any atom is -0.394 e. The van der Waals surface area contributed by atoms with E-state index < -0.39 is 41.7 Å². The summed E-state index contributed by atoms with van der Waals surface area (Å²) >= 11 is 0. The number of hydrogen-bond donors (Lipinski definition) is 1. The average Bonchev–Trinajstić information content (AvgIpc) is 3.78. The summed E-state index contributed by atoms with van der Waals surface area (Å²) in [5, 5.41) is 13.0. The van der Waals surface area contributed by atoms with Crippen LogP contribution in [0.2, 0.25) is 0 Å². The van der Waals surface area contributed by atoms with Crippen LogP contribution in [-0.2, 0) is 25.7 Å². The quantitative estimate of drug-likeness (QED) is 0.164. The molecule has 3 saturated heterocycles. The maximum Gasteiger partial charge on any atom is 0.253 e. The number of aliphatic hydroxyl groups is 1. The first kappa shape index (κ1) is 34.4. The van der Waals surface area contributed by atoms with E-state index in [4.69, 9.17) is 4.74 Å². The summed E-state index contributed by atoms with van der Waals surface area (Å²) in [6.07, 6.45) is 4.84. The van der Waals surface area contributed by atoms with Gasteiger partial charge in [-0.25, -0.2) is 0 Å². The van der Waals surface area contributed by atoms with E-state index in [9.17, 15) is 9.90 Å². The van der Waals surface area contributed by atoms with Gasteiger partial charge in [-0.3, -0.25) is 14.4 Å². The van der Waals surface area contributed by atoms with E-state index in [1.54, 1.807) is 26.9 Å². The maximum absolute atomic E-state index is 15.4. The maximum atomic E-state index is 15.4. The number of benzene rings is 4. The first-order valence-electron chi connectivity index (χ1n) is 17.8. The lowest BCUT2D eigenvalue weighted by Gasteiger charge is -2.39. The Bertz CT molecular complexity index is 1950. The van der Waals surface area contributed by atoms with Crippen LogP contribution in [0.4, 0.5) is 5.69 Å². The van der Waals surface area contributed by atoms with E-state index in [0.29, 0.717) is 43.6 Å². The number of ether oxygens (including phenoxy) is 1. The van der Waals surface area contributed by atoms with E-state index in [0.717, 1.165) is 16.3 Å². The Kier molecular flexibility index (Phi) is 9.40. The molecule has 2 bridgehead atoms. The standard InChI is InChI=1S/C43H45N3O5/c1-4-25-44(28-30-15-9-7-10-16-30)39(48)36-37-40(49)46(35(29-47)32-18-11-8-12-19-32)38(43(37)24-23-42(36,6-3)51-43)41(50)45(26-5-2)34-22-21-31-17-13-14-20-33(31)27-34/h4-5,7-22,27,35-38,47H,1-2,6,23-26,28-29H2,3H3/t35-,36-,37+,38?,42+,43?/m1/s1. The Morgan fingerprint density at radius 3 is 2.24 bits per heavy atom. The molecule has 8 heteroatoms. The molecule has 8 nitrogen and oxygen atoms in total. The second-order valence-electron chi connectivity index (χ2n) is 13.9. The molecular formula is C43H45N3O5. The van der Waals surface area contributed by atoms with Crippen molar-refractivity contribution in [3.05, 3.63) is 140 Å². The van der Waals surface area contributed by atoms with Gasteiger partial charge in [-0.15, -0.1) is 13.2 Å². The Labute approximate surface area is 299 Å². The van der Waals surface area contributed by atoms with Crippen molar-refractivity contribution in [2.45, 2.75) is 56.0 Å². The summed E-state index contributed by atoms with van der Waals surface area (Å²) in [5.41, 5.74) is 0.116. The zero-order valence-corrected chi connectivity index (χ0v) is 29.1. The van der Waals surface area contributed by atoms with Gasteiger partial charge in [-0.1, -0.05) is 110 Å². The number of carbonyl (C=O) groups excluding carboxylic acids is 3. The SMILES string of the molecule is C=CCN(Cc1ccccc1)C(=O)[C@H]1[C@H]2C(=O)N([C@H](CO)c3ccccc3)C(C(=O)N(CC=C)c3ccc4ccccc4c3)C23CC[C@]1(CC)O3. The fraction of sp³-hybridized carbons (Fsp3) is 0.326. The first-order valence-corrected chi connectivity index (χ1v) is 17.8. The van der Waals surface area contributed by atoms with Gasteiger partial charge in [0.1, 0.15) is 11.6 Å². The molecule has 3 aliphatic heterocycles. The predicted octanol–water partition coefficient (Wildman–Crippen LogP) is 6.46. The van der Waals surface area contributed by atoms with E-state index in [-0.39, 0.29) is 24.3 Å². The number of nitrogens with zero attached hydrogens (tertiary/aromatic N) is 3. The number of hydrogen-bond acceptors (Lipinski definition) is 5. The molecule has 3 fully saturated rings. The van der Waals surface area contributed by atoms with E-state index in [1.807, 2.05) is 110 Å². The Morgan fingerprint density at radius 2 is 1.57 bits per heavy atom. The highest BCUT2D eigenvalue weighted by Crippen LogP contribution is 2.65. The second kappa shape index (κ2) is 13.9. The highest BCUT2D eigenvalue weighted by Gasteiger charge is 2.79. The molecule has 0 saturated carbocycles. The molecule has 0 aromatic heterocycles. The van der Waals surface area contributed by atoms with Gasteiger partial charge in [0.25, 0.3) is 5.91 Å². The van der Waals surface area contributed by atoms with Gasteiger partial charge in [0, 0.05) is 25.3 Å². The van der Waals surface area contributed by atoms with Crippen molar-refractivity contribution < 1.29 is 24.2 Å². The highest BCUT2D eigenvalue weighted by molar-refractivity contribution is 6.06. The van der Waals surface area contributed by atoms with E-state index in [2.05, 4.69) is 13.2 Å². The van der Waals surface area contributed by atoms with Gasteiger partial charge in [0.2, 0.25) is 11.8 Å². The van der Waals surface area contributed by atoms with Crippen LogP contribution in [0.15, 0.2) is 128 Å². The van der Waals surface area contributed by atoms with Crippen molar-refractivity contribution in [2.24, 2.45) is 11.8 Å². The van der Waals surface area contributed by atoms with Crippen LogP contribution in [0.5, 0.6) is 0 Å². The van der Waals surface area contributed by atoms with Crippen molar-refractivity contribution in [2.75, 3.05) is 24.6 Å². The molecule has 6 atom stereocenters. The van der Waals surface area contributed by atoms with Crippen LogP contribution in [0.25, 0.3) is 10.8 Å². The van der Waals surface area contributed by atoms with Gasteiger partial charge >= 0.3 is 0 Å². The number of carbonyl (C=O) groups is 3. The lowest BCUT2D eigenvalue weighted by Crippen LogP contribution is -2.57.